The first-order chi connectivity index (χ1) is 16.5. The largest absolute Gasteiger partial charge is 0.392 e. The van der Waals surface area contributed by atoms with Crippen LogP contribution in [0.5, 0.6) is 0 Å². The number of primary amides is 1. The van der Waals surface area contributed by atoms with Crippen LogP contribution in [0.25, 0.3) is 0 Å². The maximum Gasteiger partial charge on any atom is 0.316 e. The molecule has 0 fully saturated rings. The minimum absolute atomic E-state index is 0.0104. The highest BCUT2D eigenvalue weighted by molar-refractivity contribution is 5.87. The molecule has 34 heavy (non-hydrogen) atoms. The molecular formula is C27H41N3O4. The van der Waals surface area contributed by atoms with Gasteiger partial charge in [-0.3, -0.25) is 0 Å². The zero-order chi connectivity index (χ0) is 24.6. The molecule has 0 radical (unpaired) electrons. The zero-order valence-corrected chi connectivity index (χ0v) is 20.4. The predicted octanol–water partition coefficient (Wildman–Crippen LogP) is 4.20. The summed E-state index contributed by atoms with van der Waals surface area (Å²) in [5.74, 6) is 0. The van der Waals surface area contributed by atoms with Gasteiger partial charge < -0.3 is 31.3 Å². The number of unbranched alkanes of at least 4 members (excludes halogenated alkanes) is 4. The van der Waals surface area contributed by atoms with Crippen molar-refractivity contribution in [3.8, 4) is 0 Å². The van der Waals surface area contributed by atoms with Crippen LogP contribution in [0.4, 0.5) is 10.5 Å². The molecule has 2 amide bonds. The smallest absolute Gasteiger partial charge is 0.316 e. The number of nitrogens with two attached hydrogens (primary N) is 1. The summed E-state index contributed by atoms with van der Waals surface area (Å²) in [6.07, 6.45) is 6.88. The summed E-state index contributed by atoms with van der Waals surface area (Å²) in [5.41, 5.74) is 9.90. The summed E-state index contributed by atoms with van der Waals surface area (Å²) in [6, 6.07) is 12.9. The number of rotatable bonds is 17. The number of urea groups is 1. The van der Waals surface area contributed by atoms with E-state index in [2.05, 4.69) is 16.7 Å². The fraction of sp³-hybridized carbons (Fsp3) is 0.519. The first-order valence-electron chi connectivity index (χ1n) is 12.3. The number of benzene rings is 2. The van der Waals surface area contributed by atoms with Crippen molar-refractivity contribution in [2.75, 3.05) is 31.6 Å². The third-order valence-corrected chi connectivity index (χ3v) is 5.66. The Morgan fingerprint density at radius 1 is 1.00 bits per heavy atom. The summed E-state index contributed by atoms with van der Waals surface area (Å²) < 4.78 is 5.76. The number of hydrogen-bond acceptors (Lipinski definition) is 5. The van der Waals surface area contributed by atoms with Crippen LogP contribution in [0, 0.1) is 6.92 Å². The average molecular weight is 472 g/mol. The molecule has 6 N–H and O–H groups in total. The number of carbonyl (C=O) groups excluding carboxylic acids is 1. The van der Waals surface area contributed by atoms with Crippen molar-refractivity contribution in [2.45, 2.75) is 64.6 Å². The van der Waals surface area contributed by atoms with Crippen molar-refractivity contribution in [3.05, 3.63) is 64.7 Å². The SMILES string of the molecule is Cc1cc(CCCCOCCCCCCNCC(O)c2cccc(CO)c2)cc(NC(N)=O)c1. The van der Waals surface area contributed by atoms with Crippen LogP contribution in [0.1, 0.15) is 66.9 Å². The Kier molecular flexibility index (Phi) is 13.3. The van der Waals surface area contributed by atoms with Gasteiger partial charge in [0, 0.05) is 25.4 Å². The molecular weight excluding hydrogens is 430 g/mol. The number of ether oxygens (including phenoxy) is 1. The molecule has 0 spiro atoms. The van der Waals surface area contributed by atoms with E-state index in [1.807, 2.05) is 43.3 Å². The van der Waals surface area contributed by atoms with Crippen molar-refractivity contribution >= 4 is 11.7 Å². The van der Waals surface area contributed by atoms with E-state index in [0.717, 1.165) is 87.1 Å². The highest BCUT2D eigenvalue weighted by atomic mass is 16.5. The third-order valence-electron chi connectivity index (χ3n) is 5.66. The maximum atomic E-state index is 11.0. The Hall–Kier alpha value is -2.45. The van der Waals surface area contributed by atoms with Crippen LogP contribution in [-0.4, -0.2) is 42.5 Å². The highest BCUT2D eigenvalue weighted by Gasteiger charge is 2.07. The molecule has 0 aromatic heterocycles. The van der Waals surface area contributed by atoms with Crippen LogP contribution in [-0.2, 0) is 17.8 Å². The van der Waals surface area contributed by atoms with E-state index in [9.17, 15) is 15.0 Å². The lowest BCUT2D eigenvalue weighted by atomic mass is 10.0. The van der Waals surface area contributed by atoms with Gasteiger partial charge in [-0.25, -0.2) is 4.79 Å². The van der Waals surface area contributed by atoms with Crippen molar-refractivity contribution in [1.29, 1.82) is 0 Å². The van der Waals surface area contributed by atoms with Crippen LogP contribution < -0.4 is 16.4 Å². The van der Waals surface area contributed by atoms with Crippen LogP contribution in [0.15, 0.2) is 42.5 Å². The Bertz CT molecular complexity index is 860. The molecule has 0 aliphatic rings. The van der Waals surface area contributed by atoms with Gasteiger partial charge in [0.1, 0.15) is 0 Å². The normalized spacial score (nSPS) is 12.0. The monoisotopic (exact) mass is 471 g/mol. The molecule has 188 valence electrons. The van der Waals surface area contributed by atoms with Crippen molar-refractivity contribution in [3.63, 3.8) is 0 Å². The number of carbonyl (C=O) groups is 1. The second kappa shape index (κ2) is 16.2. The second-order valence-electron chi connectivity index (χ2n) is 8.80. The van der Waals surface area contributed by atoms with E-state index in [4.69, 9.17) is 10.5 Å². The first kappa shape index (κ1) is 27.8. The quantitative estimate of drug-likeness (QED) is 0.222. The third kappa shape index (κ3) is 11.6. The average Bonchev–Trinajstić information content (AvgIpc) is 2.81. The summed E-state index contributed by atoms with van der Waals surface area (Å²) in [4.78, 5) is 11.0. The summed E-state index contributed by atoms with van der Waals surface area (Å²) >= 11 is 0. The van der Waals surface area contributed by atoms with Gasteiger partial charge in [0.2, 0.25) is 0 Å². The van der Waals surface area contributed by atoms with Crippen LogP contribution >= 0.6 is 0 Å². The maximum absolute atomic E-state index is 11.0. The highest BCUT2D eigenvalue weighted by Crippen LogP contribution is 2.17. The standard InChI is InChI=1S/C27H41N3O4/c1-21-15-22(18-25(16-21)30-27(28)33)9-4-7-14-34-13-6-3-2-5-12-29-19-26(32)24-11-8-10-23(17-24)20-31/h8,10-11,15-18,26,29,31-32H,2-7,9,12-14,19-20H2,1H3,(H3,28,30,33). The minimum Gasteiger partial charge on any atom is -0.392 e. The number of aryl methyl sites for hydroxylation is 2. The number of amides is 2. The first-order valence-corrected chi connectivity index (χ1v) is 12.3. The van der Waals surface area contributed by atoms with Crippen LogP contribution in [0.3, 0.4) is 0 Å². The van der Waals surface area contributed by atoms with Crippen molar-refractivity contribution in [1.82, 2.24) is 5.32 Å². The predicted molar refractivity (Wildman–Crippen MR) is 137 cm³/mol. The molecule has 7 heteroatoms. The van der Waals surface area contributed by atoms with Gasteiger partial charge in [0.25, 0.3) is 0 Å². The summed E-state index contributed by atoms with van der Waals surface area (Å²) in [5, 5.41) is 25.4. The molecule has 0 bridgehead atoms. The van der Waals surface area contributed by atoms with Gasteiger partial charge >= 0.3 is 6.03 Å². The van der Waals surface area contributed by atoms with E-state index in [0.29, 0.717) is 6.54 Å². The molecule has 1 unspecified atom stereocenters. The lowest BCUT2D eigenvalue weighted by Gasteiger charge is -2.13. The van der Waals surface area contributed by atoms with Crippen molar-refractivity contribution in [2.24, 2.45) is 5.73 Å². The Labute approximate surface area is 203 Å². The number of anilines is 1. The molecule has 2 aromatic carbocycles. The van der Waals surface area contributed by atoms with Crippen molar-refractivity contribution < 1.29 is 19.7 Å². The number of aliphatic hydroxyl groups is 2. The summed E-state index contributed by atoms with van der Waals surface area (Å²) in [6.45, 7) is 4.97. The zero-order valence-electron chi connectivity index (χ0n) is 20.4. The van der Waals surface area contributed by atoms with E-state index in [-0.39, 0.29) is 6.61 Å². The Balaban J connectivity index is 1.42. The lowest BCUT2D eigenvalue weighted by Crippen LogP contribution is -2.22. The molecule has 1 atom stereocenters. The van der Waals surface area contributed by atoms with Gasteiger partial charge in [-0.15, -0.1) is 0 Å². The second-order valence-corrected chi connectivity index (χ2v) is 8.80. The van der Waals surface area contributed by atoms with Gasteiger partial charge in [-0.2, -0.15) is 0 Å². The molecule has 0 aliphatic carbocycles. The molecule has 0 aliphatic heterocycles. The summed E-state index contributed by atoms with van der Waals surface area (Å²) in [7, 11) is 0. The number of aliphatic hydroxyl groups excluding tert-OH is 2. The van der Waals surface area contributed by atoms with E-state index < -0.39 is 12.1 Å². The molecule has 2 rings (SSSR count). The Morgan fingerprint density at radius 3 is 2.53 bits per heavy atom. The van der Waals surface area contributed by atoms with Gasteiger partial charge in [0.05, 0.1) is 12.7 Å². The molecule has 2 aromatic rings. The topological polar surface area (TPSA) is 117 Å². The Morgan fingerprint density at radius 2 is 1.76 bits per heavy atom. The molecule has 7 nitrogen and oxygen atoms in total. The van der Waals surface area contributed by atoms with Gasteiger partial charge in [-0.1, -0.05) is 43.2 Å². The molecule has 0 heterocycles. The fourth-order valence-electron chi connectivity index (χ4n) is 3.92. The van der Waals surface area contributed by atoms with E-state index in [1.54, 1.807) is 0 Å². The van der Waals surface area contributed by atoms with E-state index >= 15 is 0 Å². The van der Waals surface area contributed by atoms with Crippen LogP contribution in [0.2, 0.25) is 0 Å². The fourth-order valence-corrected chi connectivity index (χ4v) is 3.92. The lowest BCUT2D eigenvalue weighted by molar-refractivity contribution is 0.126. The molecule has 0 saturated carbocycles. The number of hydrogen-bond donors (Lipinski definition) is 5. The van der Waals surface area contributed by atoms with Gasteiger partial charge in [0.15, 0.2) is 0 Å². The minimum atomic E-state index is -0.556. The van der Waals surface area contributed by atoms with Gasteiger partial charge in [-0.05, 0) is 80.0 Å². The number of nitrogens with one attached hydrogen (secondary N) is 2. The molecule has 0 saturated heterocycles. The van der Waals surface area contributed by atoms with E-state index in [1.165, 1.54) is 5.56 Å².